The fourth-order valence-electron chi connectivity index (χ4n) is 6.50. The summed E-state index contributed by atoms with van der Waals surface area (Å²) < 4.78 is 32.2. The summed E-state index contributed by atoms with van der Waals surface area (Å²) in [4.78, 5) is 24.0. The van der Waals surface area contributed by atoms with Crippen molar-refractivity contribution in [3.63, 3.8) is 0 Å². The molecule has 0 aliphatic carbocycles. The van der Waals surface area contributed by atoms with E-state index in [1.165, 1.54) is 12.3 Å². The largest absolute Gasteiger partial charge is 0.490 e. The van der Waals surface area contributed by atoms with E-state index in [0.29, 0.717) is 42.3 Å². The molecule has 10 heteroatoms. The smallest absolute Gasteiger partial charge is 0.214 e. The first-order valence-electron chi connectivity index (χ1n) is 16.7. The number of Topliss-reactive ketones (excluding diaryl/α,β-unsaturated/α-hetero) is 1. The van der Waals surface area contributed by atoms with Crippen LogP contribution in [0, 0.1) is 12.7 Å². The van der Waals surface area contributed by atoms with E-state index < -0.39 is 5.82 Å². The molecule has 2 aliphatic heterocycles. The minimum atomic E-state index is -0.456. The lowest BCUT2D eigenvalue weighted by Crippen LogP contribution is -2.41. The van der Waals surface area contributed by atoms with Crippen LogP contribution >= 0.6 is 0 Å². The summed E-state index contributed by atoms with van der Waals surface area (Å²) in [5, 5.41) is 0.872. The molecule has 0 radical (unpaired) electrons. The van der Waals surface area contributed by atoms with Crippen molar-refractivity contribution >= 4 is 28.2 Å². The van der Waals surface area contributed by atoms with Gasteiger partial charge in [0.1, 0.15) is 23.4 Å². The number of halogens is 1. The molecule has 0 saturated carbocycles. The number of ether oxygens (including phenoxy) is 3. The molecule has 0 atom stereocenters. The molecule has 48 heavy (non-hydrogen) atoms. The molecule has 2 saturated heterocycles. The number of aromatic nitrogens is 1. The second kappa shape index (κ2) is 14.6. The van der Waals surface area contributed by atoms with Crippen molar-refractivity contribution in [3.05, 3.63) is 95.1 Å². The Morgan fingerprint density at radius 2 is 1.77 bits per heavy atom. The number of amidine groups is 1. The van der Waals surface area contributed by atoms with Crippen molar-refractivity contribution in [1.82, 2.24) is 9.88 Å². The lowest BCUT2D eigenvalue weighted by molar-refractivity contribution is 0.0760. The van der Waals surface area contributed by atoms with Gasteiger partial charge in [0.2, 0.25) is 5.78 Å². The fourth-order valence-corrected chi connectivity index (χ4v) is 6.50. The van der Waals surface area contributed by atoms with Gasteiger partial charge in [0.15, 0.2) is 11.6 Å². The van der Waals surface area contributed by atoms with Crippen LogP contribution < -0.4 is 20.9 Å². The standard InChI is InChI=1S/C38H44FN5O4/c1-23(2)44-14-10-28(11-15-44)47-36-20-26-19-33(43-32(26)21-29(36)25-12-16-46-17-13-25)37(45)30(22-40)38(41)42-27-8-9-34(24(3)18-27)48-35-7-5-4-6-31(35)39/h4-9,18-23,25,28,43H,10-17,40H2,1-3H3,(H2,41,42). The molecule has 0 amide bonds. The van der Waals surface area contributed by atoms with E-state index in [2.05, 4.69) is 40.9 Å². The first-order chi connectivity index (χ1) is 23.2. The number of nitrogens with zero attached hydrogens (tertiary/aromatic N) is 2. The van der Waals surface area contributed by atoms with Crippen LogP contribution in [0.25, 0.3) is 10.9 Å². The Balaban J connectivity index is 1.23. The van der Waals surface area contributed by atoms with Crippen LogP contribution in [0.3, 0.4) is 0 Å². The van der Waals surface area contributed by atoms with Gasteiger partial charge in [-0.3, -0.25) is 4.79 Å². The van der Waals surface area contributed by atoms with Crippen molar-refractivity contribution in [2.45, 2.75) is 64.5 Å². The SMILES string of the molecule is Cc1cc(N=C(N)C(=CN)C(=O)c2cc3cc(OC4CCN(C(C)C)CC4)c(C4CCOCC4)cc3[nH]2)ccc1Oc1ccccc1F. The van der Waals surface area contributed by atoms with Gasteiger partial charge in [-0.2, -0.15) is 0 Å². The molecule has 1 aromatic heterocycles. The number of aliphatic imine (C=N–C) groups is 1. The van der Waals surface area contributed by atoms with Gasteiger partial charge in [0, 0.05) is 49.4 Å². The number of piperidine rings is 1. The van der Waals surface area contributed by atoms with Crippen molar-refractivity contribution < 1.29 is 23.4 Å². The summed E-state index contributed by atoms with van der Waals surface area (Å²) in [7, 11) is 0. The van der Waals surface area contributed by atoms with E-state index >= 15 is 0 Å². The van der Waals surface area contributed by atoms with E-state index in [-0.39, 0.29) is 29.0 Å². The normalized spacial score (nSPS) is 17.3. The predicted octanol–water partition coefficient (Wildman–Crippen LogP) is 7.27. The number of nitrogens with one attached hydrogen (secondary N) is 1. The number of H-pyrrole nitrogens is 1. The molecule has 4 aromatic rings. The lowest BCUT2D eigenvalue weighted by atomic mass is 9.90. The van der Waals surface area contributed by atoms with Crippen LogP contribution in [-0.2, 0) is 4.74 Å². The van der Waals surface area contributed by atoms with Gasteiger partial charge in [-0.25, -0.2) is 9.38 Å². The third kappa shape index (κ3) is 7.40. The highest BCUT2D eigenvalue weighted by molar-refractivity contribution is 6.27. The number of hydrogen-bond donors (Lipinski definition) is 3. The average Bonchev–Trinajstić information content (AvgIpc) is 3.50. The maximum Gasteiger partial charge on any atom is 0.214 e. The van der Waals surface area contributed by atoms with Crippen LogP contribution in [-0.4, -0.2) is 60.0 Å². The number of fused-ring (bicyclic) bond motifs is 1. The number of ketones is 1. The fraction of sp³-hybridized carbons (Fsp3) is 0.368. The number of para-hydroxylation sites is 1. The minimum Gasteiger partial charge on any atom is -0.490 e. The first-order valence-corrected chi connectivity index (χ1v) is 16.7. The second-order valence-electron chi connectivity index (χ2n) is 12.9. The van der Waals surface area contributed by atoms with Crippen molar-refractivity contribution in [2.75, 3.05) is 26.3 Å². The number of likely N-dealkylation sites (tertiary alicyclic amines) is 1. The Bertz CT molecular complexity index is 1830. The Morgan fingerprint density at radius 3 is 2.46 bits per heavy atom. The number of hydrogen-bond acceptors (Lipinski definition) is 7. The zero-order valence-corrected chi connectivity index (χ0v) is 27.8. The molecule has 6 rings (SSSR count). The van der Waals surface area contributed by atoms with Gasteiger partial charge in [-0.05, 0) is 112 Å². The summed E-state index contributed by atoms with van der Waals surface area (Å²) in [6.45, 7) is 9.75. The Hall–Kier alpha value is -4.67. The van der Waals surface area contributed by atoms with Crippen molar-refractivity contribution in [3.8, 4) is 17.2 Å². The number of carbonyl (C=O) groups excluding carboxylic acids is 1. The molecule has 2 fully saturated rings. The van der Waals surface area contributed by atoms with Crippen molar-refractivity contribution in [2.24, 2.45) is 16.5 Å². The van der Waals surface area contributed by atoms with E-state index in [1.807, 2.05) is 13.0 Å². The third-order valence-corrected chi connectivity index (χ3v) is 9.31. The zero-order chi connectivity index (χ0) is 33.8. The van der Waals surface area contributed by atoms with E-state index in [0.717, 1.165) is 66.6 Å². The van der Waals surface area contributed by atoms with Gasteiger partial charge in [-0.1, -0.05) is 12.1 Å². The third-order valence-electron chi connectivity index (χ3n) is 9.31. The number of benzene rings is 3. The Morgan fingerprint density at radius 1 is 1.02 bits per heavy atom. The highest BCUT2D eigenvalue weighted by Gasteiger charge is 2.27. The highest BCUT2D eigenvalue weighted by Crippen LogP contribution is 2.38. The van der Waals surface area contributed by atoms with E-state index in [1.54, 1.807) is 36.4 Å². The maximum absolute atomic E-state index is 14.1. The highest BCUT2D eigenvalue weighted by atomic mass is 19.1. The molecular formula is C38H44FN5O4. The number of rotatable bonds is 10. The maximum atomic E-state index is 14.1. The quantitative estimate of drug-likeness (QED) is 0.0711. The molecule has 0 bridgehead atoms. The monoisotopic (exact) mass is 653 g/mol. The molecule has 5 N–H and O–H groups in total. The molecule has 252 valence electrons. The van der Waals surface area contributed by atoms with E-state index in [4.69, 9.17) is 25.7 Å². The zero-order valence-electron chi connectivity index (χ0n) is 27.8. The van der Waals surface area contributed by atoms with Crippen LogP contribution in [0.15, 0.2) is 77.4 Å². The lowest BCUT2D eigenvalue weighted by Gasteiger charge is -2.35. The summed E-state index contributed by atoms with van der Waals surface area (Å²) in [6, 6.07) is 17.8. The Labute approximate surface area is 280 Å². The number of nitrogens with two attached hydrogens (primary N) is 2. The van der Waals surface area contributed by atoms with Gasteiger partial charge in [0.25, 0.3) is 0 Å². The van der Waals surface area contributed by atoms with E-state index in [9.17, 15) is 9.18 Å². The molecule has 3 heterocycles. The minimum absolute atomic E-state index is 0.0250. The van der Waals surface area contributed by atoms with Gasteiger partial charge >= 0.3 is 0 Å². The Kier molecular flexibility index (Phi) is 10.1. The topological polar surface area (TPSA) is 128 Å². The van der Waals surface area contributed by atoms with Gasteiger partial charge in [0.05, 0.1) is 17.0 Å². The van der Waals surface area contributed by atoms with Crippen LogP contribution in [0.2, 0.25) is 0 Å². The predicted molar refractivity (Wildman–Crippen MR) is 187 cm³/mol. The van der Waals surface area contributed by atoms with Gasteiger partial charge in [-0.15, -0.1) is 0 Å². The summed E-state index contributed by atoms with van der Waals surface area (Å²) in [5.41, 5.74) is 15.9. The number of aryl methyl sites for hydroxylation is 1. The summed E-state index contributed by atoms with van der Waals surface area (Å²) >= 11 is 0. The van der Waals surface area contributed by atoms with Crippen LogP contribution in [0.1, 0.15) is 67.1 Å². The second-order valence-corrected chi connectivity index (χ2v) is 12.9. The average molecular weight is 654 g/mol. The summed E-state index contributed by atoms with van der Waals surface area (Å²) in [5.74, 6) is 0.937. The molecular weight excluding hydrogens is 609 g/mol. The molecule has 9 nitrogen and oxygen atoms in total. The summed E-state index contributed by atoms with van der Waals surface area (Å²) in [6.07, 6.45) is 5.11. The molecule has 3 aromatic carbocycles. The van der Waals surface area contributed by atoms with Crippen molar-refractivity contribution in [1.29, 1.82) is 0 Å². The first kappa shape index (κ1) is 33.2. The van der Waals surface area contributed by atoms with Crippen LogP contribution in [0.5, 0.6) is 17.2 Å². The number of aromatic amines is 1. The van der Waals surface area contributed by atoms with Gasteiger partial charge < -0.3 is 35.6 Å². The number of carbonyl (C=O) groups is 1. The molecule has 0 unspecified atom stereocenters. The molecule has 0 spiro atoms. The molecule has 2 aliphatic rings. The van der Waals surface area contributed by atoms with Crippen LogP contribution in [0.4, 0.5) is 10.1 Å².